The molecular weight excluding hydrogens is 428 g/mol. The van der Waals surface area contributed by atoms with E-state index in [4.69, 9.17) is 24.4 Å². The van der Waals surface area contributed by atoms with E-state index in [0.717, 1.165) is 31.0 Å². The molecule has 0 amide bonds. The zero-order valence-electron chi connectivity index (χ0n) is 17.8. The van der Waals surface area contributed by atoms with E-state index in [0.29, 0.717) is 21.4 Å². The minimum Gasteiger partial charge on any atom is -0.345 e. The van der Waals surface area contributed by atoms with Crippen molar-refractivity contribution < 1.29 is 9.59 Å². The number of ketones is 2. The Morgan fingerprint density at radius 1 is 0.806 bits per heavy atom. The molecule has 162 valence electrons. The summed E-state index contributed by atoms with van der Waals surface area (Å²) in [5.74, 6) is 0.0803. The van der Waals surface area contributed by atoms with Crippen molar-refractivity contribution >= 4 is 57.6 Å². The van der Waals surface area contributed by atoms with E-state index in [1.807, 2.05) is 24.3 Å². The third-order valence-electron chi connectivity index (χ3n) is 5.26. The Kier molecular flexibility index (Phi) is 7.35. The van der Waals surface area contributed by atoms with E-state index in [2.05, 4.69) is 27.4 Å². The summed E-state index contributed by atoms with van der Waals surface area (Å²) in [6, 6.07) is 14.8. The number of carbonyl (C=O) groups excluding carboxylic acids is 2. The third kappa shape index (κ3) is 5.86. The second-order valence-electron chi connectivity index (χ2n) is 7.62. The second-order valence-corrected chi connectivity index (χ2v) is 8.39. The van der Waals surface area contributed by atoms with E-state index in [1.54, 1.807) is 38.1 Å². The molecule has 0 unspecified atom stereocenters. The van der Waals surface area contributed by atoms with Crippen LogP contribution in [0.2, 0.25) is 0 Å². The van der Waals surface area contributed by atoms with E-state index < -0.39 is 0 Å². The topological polar surface area (TPSA) is 64.7 Å². The predicted octanol–water partition coefficient (Wildman–Crippen LogP) is 4.19. The summed E-state index contributed by atoms with van der Waals surface area (Å²) in [4.78, 5) is 27.1. The minimum atomic E-state index is 0.0400. The highest BCUT2D eigenvalue weighted by molar-refractivity contribution is 7.80. The molecule has 1 aliphatic heterocycles. The first-order valence-corrected chi connectivity index (χ1v) is 10.9. The van der Waals surface area contributed by atoms with Gasteiger partial charge in [0.25, 0.3) is 0 Å². The summed E-state index contributed by atoms with van der Waals surface area (Å²) >= 11 is 11.2. The summed E-state index contributed by atoms with van der Waals surface area (Å²) in [6.07, 6.45) is 0. The highest BCUT2D eigenvalue weighted by Crippen LogP contribution is 2.17. The summed E-state index contributed by atoms with van der Waals surface area (Å²) < 4.78 is 0. The van der Waals surface area contributed by atoms with Gasteiger partial charge in [-0.05, 0) is 93.7 Å². The quantitative estimate of drug-likeness (QED) is 0.527. The van der Waals surface area contributed by atoms with Crippen molar-refractivity contribution in [3.05, 3.63) is 59.7 Å². The third-order valence-corrected chi connectivity index (χ3v) is 5.96. The number of anilines is 2. The van der Waals surface area contributed by atoms with Crippen LogP contribution in [0.4, 0.5) is 11.4 Å². The molecule has 3 rings (SSSR count). The van der Waals surface area contributed by atoms with Gasteiger partial charge in [-0.2, -0.15) is 0 Å². The number of thiocarbonyl (C=S) groups is 2. The molecule has 6 nitrogen and oxygen atoms in total. The number of nitrogens with one attached hydrogen (secondary N) is 2. The number of hydrogen-bond donors (Lipinski definition) is 2. The summed E-state index contributed by atoms with van der Waals surface area (Å²) in [6.45, 7) is 7.44. The first kappa shape index (κ1) is 22.8. The largest absolute Gasteiger partial charge is 0.345 e. The number of Topliss-reactive ketones (excluding diaryl/α,β-unsaturated/α-hetero) is 2. The van der Waals surface area contributed by atoms with Gasteiger partial charge in [-0.25, -0.2) is 0 Å². The number of carbonyl (C=O) groups is 2. The summed E-state index contributed by atoms with van der Waals surface area (Å²) in [7, 11) is 0. The Morgan fingerprint density at radius 2 is 1.26 bits per heavy atom. The first-order valence-electron chi connectivity index (χ1n) is 10.1. The fourth-order valence-electron chi connectivity index (χ4n) is 3.42. The monoisotopic (exact) mass is 454 g/mol. The van der Waals surface area contributed by atoms with Crippen molar-refractivity contribution in [2.45, 2.75) is 26.8 Å². The molecule has 1 fully saturated rings. The maximum Gasteiger partial charge on any atom is 0.173 e. The average molecular weight is 455 g/mol. The van der Waals surface area contributed by atoms with Crippen molar-refractivity contribution in [1.82, 2.24) is 9.80 Å². The molecule has 2 N–H and O–H groups in total. The fourth-order valence-corrected chi connectivity index (χ4v) is 4.09. The highest BCUT2D eigenvalue weighted by Gasteiger charge is 2.27. The van der Waals surface area contributed by atoms with Crippen LogP contribution >= 0.6 is 24.4 Å². The zero-order valence-corrected chi connectivity index (χ0v) is 19.5. The fraction of sp³-hybridized carbons (Fsp3) is 0.304. The normalized spacial score (nSPS) is 15.9. The number of benzene rings is 2. The van der Waals surface area contributed by atoms with Crippen LogP contribution in [0.25, 0.3) is 0 Å². The molecular formula is C23H26N4O2S2. The number of hydrogen-bond acceptors (Lipinski definition) is 4. The Labute approximate surface area is 193 Å². The lowest BCUT2D eigenvalue weighted by Gasteiger charge is -2.42. The molecule has 0 aromatic heterocycles. The van der Waals surface area contributed by atoms with Gasteiger partial charge in [0.2, 0.25) is 0 Å². The first-order chi connectivity index (χ1) is 14.7. The molecule has 0 saturated carbocycles. The maximum atomic E-state index is 11.4. The van der Waals surface area contributed by atoms with Crippen LogP contribution in [-0.4, -0.2) is 57.3 Å². The zero-order chi connectivity index (χ0) is 22.5. The van der Waals surface area contributed by atoms with Crippen LogP contribution in [0.3, 0.4) is 0 Å². The molecule has 1 saturated heterocycles. The van der Waals surface area contributed by atoms with Crippen LogP contribution in [0, 0.1) is 0 Å². The maximum absolute atomic E-state index is 11.4. The van der Waals surface area contributed by atoms with Crippen LogP contribution in [0.15, 0.2) is 48.5 Å². The predicted molar refractivity (Wildman–Crippen MR) is 133 cm³/mol. The Morgan fingerprint density at radius 3 is 1.68 bits per heavy atom. The summed E-state index contributed by atoms with van der Waals surface area (Å²) in [5.41, 5.74) is 3.07. The molecule has 0 spiro atoms. The van der Waals surface area contributed by atoms with E-state index >= 15 is 0 Å². The number of rotatable bonds is 4. The van der Waals surface area contributed by atoms with Crippen LogP contribution in [0.1, 0.15) is 41.5 Å². The molecule has 0 radical (unpaired) electrons. The van der Waals surface area contributed by atoms with Gasteiger partial charge >= 0.3 is 0 Å². The molecule has 31 heavy (non-hydrogen) atoms. The number of piperazine rings is 1. The number of nitrogens with zero attached hydrogens (tertiary/aromatic N) is 2. The molecule has 1 heterocycles. The van der Waals surface area contributed by atoms with Gasteiger partial charge in [-0.1, -0.05) is 0 Å². The van der Waals surface area contributed by atoms with Crippen molar-refractivity contribution in [2.75, 3.05) is 30.3 Å². The molecule has 1 atom stereocenters. The van der Waals surface area contributed by atoms with Crippen LogP contribution in [-0.2, 0) is 0 Å². The van der Waals surface area contributed by atoms with Crippen LogP contribution in [0.5, 0.6) is 0 Å². The molecule has 0 aliphatic carbocycles. The van der Waals surface area contributed by atoms with Gasteiger partial charge < -0.3 is 20.4 Å². The van der Waals surface area contributed by atoms with E-state index in [-0.39, 0.29) is 17.6 Å². The lowest BCUT2D eigenvalue weighted by atomic mass is 10.1. The second kappa shape index (κ2) is 9.98. The van der Waals surface area contributed by atoms with Crippen molar-refractivity contribution in [1.29, 1.82) is 0 Å². The average Bonchev–Trinajstić information content (AvgIpc) is 2.74. The van der Waals surface area contributed by atoms with Crippen molar-refractivity contribution in [3.8, 4) is 0 Å². The molecule has 2 aromatic rings. The molecule has 1 aliphatic rings. The van der Waals surface area contributed by atoms with Crippen molar-refractivity contribution in [2.24, 2.45) is 0 Å². The van der Waals surface area contributed by atoms with Crippen molar-refractivity contribution in [3.63, 3.8) is 0 Å². The molecule has 0 bridgehead atoms. The molecule has 8 heteroatoms. The Bertz CT molecular complexity index is 990. The van der Waals surface area contributed by atoms with Crippen LogP contribution < -0.4 is 10.6 Å². The highest BCUT2D eigenvalue weighted by atomic mass is 32.1. The van der Waals surface area contributed by atoms with Gasteiger partial charge in [-0.15, -0.1) is 0 Å². The van der Waals surface area contributed by atoms with E-state index in [1.165, 1.54) is 0 Å². The molecule has 2 aromatic carbocycles. The smallest absolute Gasteiger partial charge is 0.173 e. The standard InChI is InChI=1S/C23H26N4O2S2/c1-15-14-26(22(30)24-20-8-4-18(5-9-20)16(2)28)12-13-27(15)23(31)25-21-10-6-19(7-11-21)17(3)29/h4-11,15H,12-14H2,1-3H3,(H,24,30)(H,25,31)/t15-/m1/s1. The van der Waals surface area contributed by atoms with Gasteiger partial charge in [0.15, 0.2) is 21.8 Å². The Balaban J connectivity index is 1.54. The lowest BCUT2D eigenvalue weighted by Crippen LogP contribution is -2.57. The van der Waals surface area contributed by atoms with Gasteiger partial charge in [0.1, 0.15) is 0 Å². The van der Waals surface area contributed by atoms with E-state index in [9.17, 15) is 9.59 Å². The lowest BCUT2D eigenvalue weighted by molar-refractivity contribution is 0.100. The summed E-state index contributed by atoms with van der Waals surface area (Å²) in [5, 5.41) is 7.81. The minimum absolute atomic E-state index is 0.0400. The van der Waals surface area contributed by atoms with Gasteiger partial charge in [-0.3, -0.25) is 9.59 Å². The SMILES string of the molecule is CC(=O)c1ccc(NC(=S)N2CCN(C(=S)Nc3ccc(C(C)=O)cc3)[C@H](C)C2)cc1. The van der Waals surface area contributed by atoms with Gasteiger partial charge in [0, 0.05) is 48.2 Å². The van der Waals surface area contributed by atoms with Gasteiger partial charge in [0.05, 0.1) is 0 Å². The Hall–Kier alpha value is -2.84.